The fraction of sp³-hybridized carbons (Fsp3) is 0.667. The van der Waals surface area contributed by atoms with Crippen LogP contribution < -0.4 is 10.1 Å². The molecule has 1 aromatic carbocycles. The van der Waals surface area contributed by atoms with E-state index in [1.54, 1.807) is 19.9 Å². The number of nitrogens with zero attached hydrogens (tertiary/aromatic N) is 1. The maximum Gasteiger partial charge on any atom is 0.413 e. The molecule has 1 aliphatic heterocycles. The zero-order valence-electron chi connectivity index (χ0n) is 19.4. The highest BCUT2D eigenvalue weighted by atomic mass is 16.6. The predicted octanol–water partition coefficient (Wildman–Crippen LogP) is 4.51. The molecule has 1 N–H and O–H groups in total. The van der Waals surface area contributed by atoms with Crippen molar-refractivity contribution in [3.63, 3.8) is 0 Å². The van der Waals surface area contributed by atoms with E-state index in [0.29, 0.717) is 5.75 Å². The third-order valence-electron chi connectivity index (χ3n) is 5.90. The van der Waals surface area contributed by atoms with Crippen LogP contribution in [-0.4, -0.2) is 49.2 Å². The minimum absolute atomic E-state index is 0.0582. The van der Waals surface area contributed by atoms with Crippen LogP contribution in [0.2, 0.25) is 0 Å². The van der Waals surface area contributed by atoms with Gasteiger partial charge < -0.3 is 19.7 Å². The first-order chi connectivity index (χ1) is 14.2. The van der Waals surface area contributed by atoms with E-state index in [9.17, 15) is 9.59 Å². The van der Waals surface area contributed by atoms with Crippen molar-refractivity contribution in [3.05, 3.63) is 29.8 Å². The lowest BCUT2D eigenvalue weighted by Gasteiger charge is -2.35. The SMILES string of the molecule is CCC1(c2cccc(OC(=O)N[C@H](C(=O)OC(C)C)C(C)C)c2)CCCCN(C)C1. The Bertz CT molecular complexity index is 719. The van der Waals surface area contributed by atoms with Gasteiger partial charge in [0, 0.05) is 12.0 Å². The van der Waals surface area contributed by atoms with Crippen molar-refractivity contribution in [2.24, 2.45) is 5.92 Å². The Hall–Kier alpha value is -2.08. The molecule has 6 heteroatoms. The Balaban J connectivity index is 2.13. The fourth-order valence-corrected chi connectivity index (χ4v) is 4.20. The van der Waals surface area contributed by atoms with Crippen LogP contribution >= 0.6 is 0 Å². The molecule has 30 heavy (non-hydrogen) atoms. The van der Waals surface area contributed by atoms with Crippen molar-refractivity contribution in [2.75, 3.05) is 20.1 Å². The number of hydrogen-bond donors (Lipinski definition) is 1. The second-order valence-corrected chi connectivity index (χ2v) is 9.10. The summed E-state index contributed by atoms with van der Waals surface area (Å²) in [5, 5.41) is 2.67. The third-order valence-corrected chi connectivity index (χ3v) is 5.90. The highest BCUT2D eigenvalue weighted by Gasteiger charge is 2.33. The molecule has 0 radical (unpaired) electrons. The Morgan fingerprint density at radius 1 is 1.20 bits per heavy atom. The fourth-order valence-electron chi connectivity index (χ4n) is 4.20. The van der Waals surface area contributed by atoms with Gasteiger partial charge in [0.05, 0.1) is 6.10 Å². The Labute approximate surface area is 181 Å². The molecule has 1 amide bonds. The van der Waals surface area contributed by atoms with E-state index in [4.69, 9.17) is 9.47 Å². The Kier molecular flexibility index (Phi) is 8.71. The van der Waals surface area contributed by atoms with E-state index in [1.807, 2.05) is 26.0 Å². The Morgan fingerprint density at radius 3 is 2.57 bits per heavy atom. The van der Waals surface area contributed by atoms with E-state index in [1.165, 1.54) is 18.4 Å². The number of ether oxygens (including phenoxy) is 2. The standard InChI is InChI=1S/C24H38N2O4/c1-7-24(13-8-9-14-26(6)16-24)19-11-10-12-20(15-19)30-23(28)25-21(17(2)3)22(27)29-18(4)5/h10-12,15,17-18,21H,7-9,13-14,16H2,1-6H3,(H,25,28)/t21-,24?/m0/s1. The van der Waals surface area contributed by atoms with Crippen molar-refractivity contribution < 1.29 is 19.1 Å². The zero-order valence-corrected chi connectivity index (χ0v) is 19.4. The summed E-state index contributed by atoms with van der Waals surface area (Å²) in [4.78, 5) is 27.2. The number of rotatable bonds is 7. The van der Waals surface area contributed by atoms with Gasteiger partial charge >= 0.3 is 12.1 Å². The summed E-state index contributed by atoms with van der Waals surface area (Å²) < 4.78 is 10.8. The summed E-state index contributed by atoms with van der Waals surface area (Å²) in [7, 11) is 2.17. The highest BCUT2D eigenvalue weighted by Crippen LogP contribution is 2.37. The minimum Gasteiger partial charge on any atom is -0.461 e. The molecular weight excluding hydrogens is 380 g/mol. The molecule has 6 nitrogen and oxygen atoms in total. The quantitative estimate of drug-likeness (QED) is 0.660. The number of likely N-dealkylation sites (N-methyl/N-ethyl adjacent to an activating group) is 1. The van der Waals surface area contributed by atoms with E-state index in [-0.39, 0.29) is 17.4 Å². The number of likely N-dealkylation sites (tertiary alicyclic amines) is 1. The molecule has 1 aromatic rings. The molecule has 1 heterocycles. The molecule has 0 bridgehead atoms. The summed E-state index contributed by atoms with van der Waals surface area (Å²) in [5.74, 6) is -0.0680. The molecule has 1 unspecified atom stereocenters. The number of carbonyl (C=O) groups is 2. The average Bonchev–Trinajstić information content (AvgIpc) is 2.87. The van der Waals surface area contributed by atoms with Crippen LogP contribution in [0.25, 0.3) is 0 Å². The molecule has 1 fully saturated rings. The number of nitrogens with one attached hydrogen (secondary N) is 1. The van der Waals surface area contributed by atoms with Crippen molar-refractivity contribution in [1.29, 1.82) is 0 Å². The van der Waals surface area contributed by atoms with Gasteiger partial charge in [-0.1, -0.05) is 39.3 Å². The van der Waals surface area contributed by atoms with Crippen LogP contribution in [0.15, 0.2) is 24.3 Å². The van der Waals surface area contributed by atoms with Crippen molar-refractivity contribution in [3.8, 4) is 5.75 Å². The first-order valence-electron chi connectivity index (χ1n) is 11.1. The summed E-state index contributed by atoms with van der Waals surface area (Å²) in [6.07, 6.45) is 3.67. The number of carbonyl (C=O) groups excluding carboxylic acids is 2. The summed E-state index contributed by atoms with van der Waals surface area (Å²) >= 11 is 0. The summed E-state index contributed by atoms with van der Waals surface area (Å²) in [6.45, 7) is 11.6. The van der Waals surface area contributed by atoms with E-state index < -0.39 is 18.1 Å². The maximum absolute atomic E-state index is 12.5. The molecular formula is C24H38N2O4. The van der Waals surface area contributed by atoms with Gasteiger partial charge in [-0.3, -0.25) is 0 Å². The largest absolute Gasteiger partial charge is 0.461 e. The zero-order chi connectivity index (χ0) is 22.3. The lowest BCUT2D eigenvalue weighted by atomic mass is 9.74. The van der Waals surface area contributed by atoms with Crippen LogP contribution in [0.1, 0.15) is 65.9 Å². The smallest absolute Gasteiger partial charge is 0.413 e. The topological polar surface area (TPSA) is 67.9 Å². The maximum atomic E-state index is 12.5. The van der Waals surface area contributed by atoms with Gasteiger partial charge in [-0.15, -0.1) is 0 Å². The van der Waals surface area contributed by atoms with Crippen LogP contribution in [0.3, 0.4) is 0 Å². The van der Waals surface area contributed by atoms with E-state index in [2.05, 4.69) is 30.3 Å². The van der Waals surface area contributed by atoms with Crippen LogP contribution in [-0.2, 0) is 14.9 Å². The van der Waals surface area contributed by atoms with Crippen molar-refractivity contribution in [2.45, 2.75) is 77.9 Å². The average molecular weight is 419 g/mol. The minimum atomic E-state index is -0.749. The molecule has 2 rings (SSSR count). The molecule has 1 aliphatic rings. The second-order valence-electron chi connectivity index (χ2n) is 9.10. The number of esters is 1. The molecule has 2 atom stereocenters. The van der Waals surface area contributed by atoms with Gasteiger partial charge in [-0.25, -0.2) is 9.59 Å². The molecule has 168 valence electrons. The lowest BCUT2D eigenvalue weighted by Crippen LogP contribution is -2.47. The molecule has 0 spiro atoms. The van der Waals surface area contributed by atoms with E-state index in [0.717, 1.165) is 25.9 Å². The van der Waals surface area contributed by atoms with Crippen LogP contribution in [0.5, 0.6) is 5.75 Å². The third kappa shape index (κ3) is 6.46. The first kappa shape index (κ1) is 24.2. The molecule has 0 aromatic heterocycles. The van der Waals surface area contributed by atoms with Crippen LogP contribution in [0, 0.1) is 5.92 Å². The van der Waals surface area contributed by atoms with Gasteiger partial charge in [-0.2, -0.15) is 0 Å². The van der Waals surface area contributed by atoms with Gasteiger partial charge in [-0.05, 0) is 70.3 Å². The summed E-state index contributed by atoms with van der Waals surface area (Å²) in [5.41, 5.74) is 1.26. The van der Waals surface area contributed by atoms with Gasteiger partial charge in [0.15, 0.2) is 0 Å². The number of benzene rings is 1. The van der Waals surface area contributed by atoms with Gasteiger partial charge in [0.25, 0.3) is 0 Å². The van der Waals surface area contributed by atoms with Crippen molar-refractivity contribution >= 4 is 12.1 Å². The normalized spacial score (nSPS) is 21.2. The predicted molar refractivity (Wildman–Crippen MR) is 119 cm³/mol. The monoisotopic (exact) mass is 418 g/mol. The summed E-state index contributed by atoms with van der Waals surface area (Å²) in [6, 6.07) is 7.07. The van der Waals surface area contributed by atoms with Gasteiger partial charge in [0.2, 0.25) is 0 Å². The molecule has 0 aliphatic carbocycles. The molecule has 0 saturated carbocycles. The van der Waals surface area contributed by atoms with Gasteiger partial charge in [0.1, 0.15) is 11.8 Å². The molecule has 1 saturated heterocycles. The Morgan fingerprint density at radius 2 is 1.93 bits per heavy atom. The highest BCUT2D eigenvalue weighted by molar-refractivity contribution is 5.82. The van der Waals surface area contributed by atoms with Crippen LogP contribution in [0.4, 0.5) is 4.79 Å². The second kappa shape index (κ2) is 10.8. The first-order valence-corrected chi connectivity index (χ1v) is 11.1. The lowest BCUT2D eigenvalue weighted by molar-refractivity contribution is -0.150. The number of hydrogen-bond acceptors (Lipinski definition) is 5. The number of amides is 1. The van der Waals surface area contributed by atoms with E-state index >= 15 is 0 Å². The van der Waals surface area contributed by atoms with Crippen molar-refractivity contribution in [1.82, 2.24) is 10.2 Å².